The minimum absolute atomic E-state index is 0.0208. The molecule has 17 heavy (non-hydrogen) atoms. The quantitative estimate of drug-likeness (QED) is 0.466. The molecule has 92 valence electrons. The Bertz CT molecular complexity index is 440. The number of aldehydes is 1. The Labute approximate surface area is 93.9 Å². The summed E-state index contributed by atoms with van der Waals surface area (Å²) >= 11 is 0. The summed E-state index contributed by atoms with van der Waals surface area (Å²) in [5, 5.41) is 0. The lowest BCUT2D eigenvalue weighted by atomic mass is 10.2. The molecule has 0 saturated heterocycles. The monoisotopic (exact) mass is 248 g/mol. The van der Waals surface area contributed by atoms with Crippen molar-refractivity contribution >= 4 is 12.3 Å². The van der Waals surface area contributed by atoms with E-state index in [9.17, 15) is 22.8 Å². The average Bonchev–Trinajstić information content (AvgIpc) is 2.27. The molecular weight excluding hydrogens is 241 g/mol. The van der Waals surface area contributed by atoms with Gasteiger partial charge in [0, 0.05) is 6.07 Å². The summed E-state index contributed by atoms with van der Waals surface area (Å²) in [4.78, 5) is 21.0. The number of carbonyl (C=O) groups is 2. The lowest BCUT2D eigenvalue weighted by Gasteiger charge is -2.09. The van der Waals surface area contributed by atoms with Crippen LogP contribution >= 0.6 is 0 Å². The maximum absolute atomic E-state index is 11.9. The molecule has 0 bridgehead atoms. The molecule has 0 aromatic heterocycles. The Morgan fingerprint density at radius 3 is 2.47 bits per heavy atom. The number of ether oxygens (including phenoxy) is 2. The van der Waals surface area contributed by atoms with Crippen LogP contribution < -0.4 is 9.47 Å². The van der Waals surface area contributed by atoms with E-state index in [0.717, 1.165) is 12.1 Å². The van der Waals surface area contributed by atoms with Crippen molar-refractivity contribution < 1.29 is 32.2 Å². The van der Waals surface area contributed by atoms with E-state index in [2.05, 4.69) is 4.74 Å². The summed E-state index contributed by atoms with van der Waals surface area (Å²) in [5.74, 6) is -2.67. The van der Waals surface area contributed by atoms with Crippen LogP contribution in [0.15, 0.2) is 18.2 Å². The van der Waals surface area contributed by atoms with E-state index in [1.165, 1.54) is 13.2 Å². The van der Waals surface area contributed by atoms with Gasteiger partial charge in [0.05, 0.1) is 12.7 Å². The number of hydrogen-bond acceptors (Lipinski definition) is 4. The zero-order valence-electron chi connectivity index (χ0n) is 8.58. The van der Waals surface area contributed by atoms with Crippen molar-refractivity contribution in [3.8, 4) is 11.5 Å². The zero-order valence-corrected chi connectivity index (χ0v) is 8.58. The van der Waals surface area contributed by atoms with Gasteiger partial charge < -0.3 is 9.47 Å². The van der Waals surface area contributed by atoms with E-state index in [-0.39, 0.29) is 17.1 Å². The first-order chi connectivity index (χ1) is 7.88. The van der Waals surface area contributed by atoms with E-state index in [1.807, 2.05) is 0 Å². The maximum Gasteiger partial charge on any atom is 0.491 e. The SMILES string of the molecule is COc1cc(OC(=O)C(F)(F)F)ccc1C=O. The topological polar surface area (TPSA) is 52.6 Å². The van der Waals surface area contributed by atoms with Crippen molar-refractivity contribution in [2.24, 2.45) is 0 Å². The predicted molar refractivity (Wildman–Crippen MR) is 50.1 cm³/mol. The molecule has 0 unspecified atom stereocenters. The molecule has 0 aliphatic heterocycles. The number of alkyl halides is 3. The predicted octanol–water partition coefficient (Wildman–Crippen LogP) is 1.98. The Morgan fingerprint density at radius 1 is 1.35 bits per heavy atom. The second kappa shape index (κ2) is 4.86. The molecule has 7 heteroatoms. The maximum atomic E-state index is 11.9. The van der Waals surface area contributed by atoms with E-state index in [1.54, 1.807) is 0 Å². The molecule has 0 fully saturated rings. The fourth-order valence-electron chi connectivity index (χ4n) is 1.02. The summed E-state index contributed by atoms with van der Waals surface area (Å²) in [6, 6.07) is 3.27. The summed E-state index contributed by atoms with van der Waals surface area (Å²) < 4.78 is 44.5. The van der Waals surface area contributed by atoms with Crippen LogP contribution in [-0.4, -0.2) is 25.5 Å². The first kappa shape index (κ1) is 13.0. The van der Waals surface area contributed by atoms with Crippen LogP contribution in [-0.2, 0) is 4.79 Å². The summed E-state index contributed by atoms with van der Waals surface area (Å²) in [7, 11) is 1.23. The van der Waals surface area contributed by atoms with Gasteiger partial charge in [0.15, 0.2) is 6.29 Å². The van der Waals surface area contributed by atoms with Gasteiger partial charge in [0.25, 0.3) is 0 Å². The highest BCUT2D eigenvalue weighted by Gasteiger charge is 2.41. The molecule has 0 saturated carbocycles. The highest BCUT2D eigenvalue weighted by molar-refractivity contribution is 5.81. The normalized spacial score (nSPS) is 10.8. The van der Waals surface area contributed by atoms with Crippen molar-refractivity contribution in [2.45, 2.75) is 6.18 Å². The van der Waals surface area contributed by atoms with Crippen molar-refractivity contribution in [2.75, 3.05) is 7.11 Å². The zero-order chi connectivity index (χ0) is 13.1. The van der Waals surface area contributed by atoms with Crippen LogP contribution in [0.1, 0.15) is 10.4 Å². The van der Waals surface area contributed by atoms with Gasteiger partial charge in [-0.25, -0.2) is 4.79 Å². The average molecular weight is 248 g/mol. The number of carbonyl (C=O) groups excluding carboxylic acids is 2. The largest absolute Gasteiger partial charge is 0.496 e. The van der Waals surface area contributed by atoms with Gasteiger partial charge in [-0.05, 0) is 12.1 Å². The van der Waals surface area contributed by atoms with Gasteiger partial charge in [-0.2, -0.15) is 13.2 Å². The van der Waals surface area contributed by atoms with Crippen molar-refractivity contribution in [1.29, 1.82) is 0 Å². The third-order valence-electron chi connectivity index (χ3n) is 1.77. The number of esters is 1. The van der Waals surface area contributed by atoms with E-state index in [0.29, 0.717) is 6.29 Å². The second-order valence-corrected chi connectivity index (χ2v) is 2.91. The molecule has 0 spiro atoms. The smallest absolute Gasteiger partial charge is 0.491 e. The number of benzene rings is 1. The third kappa shape index (κ3) is 3.20. The van der Waals surface area contributed by atoms with Crippen molar-refractivity contribution in [1.82, 2.24) is 0 Å². The minimum atomic E-state index is -5.07. The molecule has 0 N–H and O–H groups in total. The van der Waals surface area contributed by atoms with Gasteiger partial charge in [0.1, 0.15) is 11.5 Å². The Hall–Kier alpha value is -2.05. The fourth-order valence-corrected chi connectivity index (χ4v) is 1.02. The van der Waals surface area contributed by atoms with E-state index < -0.39 is 12.1 Å². The first-order valence-electron chi connectivity index (χ1n) is 4.30. The molecule has 0 aliphatic carbocycles. The van der Waals surface area contributed by atoms with Crippen molar-refractivity contribution in [3.63, 3.8) is 0 Å². The number of methoxy groups -OCH3 is 1. The van der Waals surface area contributed by atoms with E-state index >= 15 is 0 Å². The molecule has 0 amide bonds. The molecular formula is C10H7F3O4. The Kier molecular flexibility index (Phi) is 3.72. The van der Waals surface area contributed by atoms with Crippen LogP contribution in [0.3, 0.4) is 0 Å². The van der Waals surface area contributed by atoms with Crippen molar-refractivity contribution in [3.05, 3.63) is 23.8 Å². The number of rotatable bonds is 3. The summed E-state index contributed by atoms with van der Waals surface area (Å²) in [6.07, 6.45) is -4.61. The molecule has 0 heterocycles. The molecule has 4 nitrogen and oxygen atoms in total. The van der Waals surface area contributed by atoms with Gasteiger partial charge in [-0.15, -0.1) is 0 Å². The van der Waals surface area contributed by atoms with Crippen LogP contribution in [0.2, 0.25) is 0 Å². The Morgan fingerprint density at radius 2 is 2.00 bits per heavy atom. The number of hydrogen-bond donors (Lipinski definition) is 0. The number of halogens is 3. The van der Waals surface area contributed by atoms with Gasteiger partial charge in [-0.1, -0.05) is 0 Å². The van der Waals surface area contributed by atoms with Crippen LogP contribution in [0.5, 0.6) is 11.5 Å². The summed E-state index contributed by atoms with van der Waals surface area (Å²) in [5.41, 5.74) is 0.138. The highest BCUT2D eigenvalue weighted by Crippen LogP contribution is 2.25. The first-order valence-corrected chi connectivity index (χ1v) is 4.30. The molecule has 0 aliphatic rings. The van der Waals surface area contributed by atoms with Crippen LogP contribution in [0.4, 0.5) is 13.2 Å². The van der Waals surface area contributed by atoms with Gasteiger partial charge in [-0.3, -0.25) is 4.79 Å². The molecule has 0 atom stereocenters. The second-order valence-electron chi connectivity index (χ2n) is 2.91. The third-order valence-corrected chi connectivity index (χ3v) is 1.77. The lowest BCUT2D eigenvalue weighted by Crippen LogP contribution is -2.27. The summed E-state index contributed by atoms with van der Waals surface area (Å²) in [6.45, 7) is 0. The van der Waals surface area contributed by atoms with Gasteiger partial charge in [0.2, 0.25) is 0 Å². The van der Waals surface area contributed by atoms with Crippen LogP contribution in [0.25, 0.3) is 0 Å². The molecule has 1 aromatic rings. The minimum Gasteiger partial charge on any atom is -0.496 e. The molecule has 1 aromatic carbocycles. The van der Waals surface area contributed by atoms with Crippen LogP contribution in [0, 0.1) is 0 Å². The van der Waals surface area contributed by atoms with E-state index in [4.69, 9.17) is 4.74 Å². The standard InChI is InChI=1S/C10H7F3O4/c1-16-8-4-7(3-2-6(8)5-14)17-9(15)10(11,12)13/h2-5H,1H3. The fraction of sp³-hybridized carbons (Fsp3) is 0.200. The molecule has 1 rings (SSSR count). The molecule has 0 radical (unpaired) electrons. The Balaban J connectivity index is 2.94. The highest BCUT2D eigenvalue weighted by atomic mass is 19.4. The lowest BCUT2D eigenvalue weighted by molar-refractivity contribution is -0.189. The van der Waals surface area contributed by atoms with Gasteiger partial charge >= 0.3 is 12.1 Å².